The van der Waals surface area contributed by atoms with Gasteiger partial charge in [-0.15, -0.1) is 0 Å². The number of nitrogens with one attached hydrogen (secondary N) is 1. The molecule has 1 aliphatic rings. The summed E-state index contributed by atoms with van der Waals surface area (Å²) in [6.45, 7) is 63.6. The van der Waals surface area contributed by atoms with Gasteiger partial charge in [-0.2, -0.15) is 0 Å². The maximum Gasteiger partial charge on any atom is 0.244 e. The number of amides is 3. The van der Waals surface area contributed by atoms with Gasteiger partial charge in [0.2, 0.25) is 17.7 Å². The quantitative estimate of drug-likeness (QED) is 0.0947. The fourth-order valence-electron chi connectivity index (χ4n) is 4.65. The number of nitrogens with two attached hydrogens (primary N) is 7. The van der Waals surface area contributed by atoms with E-state index in [1.54, 1.807) is 27.8 Å². The van der Waals surface area contributed by atoms with Crippen molar-refractivity contribution in [3.8, 4) is 0 Å². The van der Waals surface area contributed by atoms with Crippen molar-refractivity contribution in [2.24, 2.45) is 52.0 Å². The highest BCUT2D eigenvalue weighted by Gasteiger charge is 2.29. The topological polar surface area (TPSA) is 600 Å². The minimum Gasteiger partial charge on any atom is -0.394 e. The molecule has 103 heavy (non-hydrogen) atoms. The van der Waals surface area contributed by atoms with Crippen LogP contribution in [0.4, 0.5) is 0 Å². The highest BCUT2D eigenvalue weighted by Crippen LogP contribution is 2.12. The number of likely N-dealkylation sites (tertiary alicyclic amines) is 1. The SMILES string of the molecule is C=O.C=O.C=O.C=O.C=O.C=O.C=O.C=O.C=O.C=O.C=O.CC.CC.CC.CC.CC(=O)N(C)[C@@H](Cc1ccccc1)C(=O)N[C@@H](C)C(=O)N1CCCCC1.CC(C)C.CC(C)O.CCC(C)C.CCc1ccccc1.CCc1ccccc1.CN.CN.CN.CN.CN.CN.CN.N.N.N.N. The van der Waals surface area contributed by atoms with Gasteiger partial charge in [0.05, 0.1) is 0 Å². The van der Waals surface area contributed by atoms with E-state index in [1.807, 2.05) is 177 Å². The zero-order valence-corrected chi connectivity index (χ0v) is 71.1. The van der Waals surface area contributed by atoms with Gasteiger partial charge in [-0.05, 0) is 131 Å². The van der Waals surface area contributed by atoms with Crippen molar-refractivity contribution < 1.29 is 72.2 Å². The molecule has 0 spiro atoms. The molecule has 0 aliphatic carbocycles. The van der Waals surface area contributed by atoms with Gasteiger partial charge in [0, 0.05) is 39.6 Å². The fourth-order valence-corrected chi connectivity index (χ4v) is 4.65. The molecule has 1 saturated heterocycles. The molecular weight excluding hydrogens is 1320 g/mol. The molecule has 628 valence electrons. The smallest absolute Gasteiger partial charge is 0.244 e. The molecule has 0 bridgehead atoms. The second-order valence-corrected chi connectivity index (χ2v) is 15.3. The first-order valence-electron chi connectivity index (χ1n) is 31.8. The van der Waals surface area contributed by atoms with Crippen LogP contribution in [0, 0.1) is 11.8 Å². The van der Waals surface area contributed by atoms with Crippen LogP contribution in [0.3, 0.4) is 0 Å². The van der Waals surface area contributed by atoms with Crippen molar-refractivity contribution in [1.82, 2.24) is 39.7 Å². The Morgan fingerprint density at radius 1 is 0.417 bits per heavy atom. The van der Waals surface area contributed by atoms with Crippen LogP contribution in [-0.2, 0) is 86.4 Å². The Morgan fingerprint density at radius 2 is 0.602 bits per heavy atom. The number of carbonyl (C=O) groups is 14. The van der Waals surface area contributed by atoms with Crippen molar-refractivity contribution in [3.63, 3.8) is 0 Å². The summed E-state index contributed by atoms with van der Waals surface area (Å²) in [6, 6.07) is 29.2. The second kappa shape index (κ2) is 259. The van der Waals surface area contributed by atoms with Crippen LogP contribution in [0.2, 0.25) is 0 Å². The predicted octanol–water partition coefficient (Wildman–Crippen LogP) is 9.94. The molecule has 29 nitrogen and oxygen atoms in total. The number of aliphatic hydroxyl groups excluding tert-OH is 1. The van der Waals surface area contributed by atoms with Gasteiger partial charge in [-0.25, -0.2) is 0 Å². The maximum absolute atomic E-state index is 12.8. The highest BCUT2D eigenvalue weighted by molar-refractivity contribution is 5.91. The molecule has 1 fully saturated rings. The Kier molecular flexibility index (Phi) is 471. The maximum atomic E-state index is 12.8. The van der Waals surface area contributed by atoms with Crippen molar-refractivity contribution in [2.75, 3.05) is 69.5 Å². The Bertz CT molecular complexity index is 1510. The Morgan fingerprint density at radius 3 is 0.757 bits per heavy atom. The lowest BCUT2D eigenvalue weighted by Crippen LogP contribution is -2.54. The summed E-state index contributed by atoms with van der Waals surface area (Å²) >= 11 is 0. The van der Waals surface area contributed by atoms with E-state index >= 15 is 0 Å². The molecule has 29 heteroatoms. The van der Waals surface area contributed by atoms with E-state index in [0.29, 0.717) is 6.42 Å². The number of piperidine rings is 1. The first-order chi connectivity index (χ1) is 48.0. The number of nitrogens with zero attached hydrogens (tertiary/aromatic N) is 2. The lowest BCUT2D eigenvalue weighted by Gasteiger charge is -2.31. The summed E-state index contributed by atoms with van der Waals surface area (Å²) in [6.07, 6.45) is 6.99. The van der Waals surface area contributed by atoms with Gasteiger partial charge in [0.25, 0.3) is 0 Å². The summed E-state index contributed by atoms with van der Waals surface area (Å²) in [5.74, 6) is 1.18. The number of aliphatic hydroxyl groups is 1. The second-order valence-electron chi connectivity index (χ2n) is 15.3. The van der Waals surface area contributed by atoms with E-state index in [9.17, 15) is 14.4 Å². The summed E-state index contributed by atoms with van der Waals surface area (Å²) < 4.78 is 0. The van der Waals surface area contributed by atoms with E-state index in [-0.39, 0.29) is 48.4 Å². The third kappa shape index (κ3) is 237. The average molecular weight is 1500 g/mol. The minimum absolute atomic E-state index is 0. The number of hydrogen-bond donors (Lipinski definition) is 13. The van der Waals surface area contributed by atoms with Crippen molar-refractivity contribution in [1.29, 1.82) is 0 Å². The standard InChI is InChI=1S/C20H29N3O3.2C8H10.C5H12.C4H10.C3H8O.4C2H6.7CH5N.11CH2O.4H3N/c1-15(20(26)23-12-8-5-9-13-23)21-19(25)18(22(3)16(2)24)14-17-10-6-4-7-11-17;2*1-2-8-6-4-3-5-7-8;1-4-5(2)3;1-4(2)3;1-3(2)4;22*1-2;;;;/h4,6-7,10-11,15,18H,5,8-9,12-14H2,1-3H3,(H,21,25);2*3-7H,2H2,1H3;5H,4H2,1-3H3;4H,1-3H3;3-4H,1-2H3;4*1-2H3;7*2H2,1H3;11*1H2;4*1H3/t15-,18-;;;;;;;;;;;;;;;;;;;;;;;;;;;;;;;/m0.............................../s1. The van der Waals surface area contributed by atoms with Crippen LogP contribution < -0.4 is 70.1 Å². The zero-order valence-electron chi connectivity index (χ0n) is 71.1. The summed E-state index contributed by atoms with van der Waals surface area (Å²) in [5.41, 5.74) is 35.3. The van der Waals surface area contributed by atoms with Crippen LogP contribution in [0.1, 0.15) is 181 Å². The monoisotopic (exact) mass is 1500 g/mol. The lowest BCUT2D eigenvalue weighted by molar-refractivity contribution is -0.140. The number of carbonyl (C=O) groups excluding carboxylic acids is 14. The summed E-state index contributed by atoms with van der Waals surface area (Å²) in [5, 5.41) is 10.9. The van der Waals surface area contributed by atoms with Crippen LogP contribution in [-0.4, -0.2) is 195 Å². The first kappa shape index (κ1) is 187. The van der Waals surface area contributed by atoms with Crippen LogP contribution >= 0.6 is 0 Å². The van der Waals surface area contributed by atoms with Crippen molar-refractivity contribution in [3.05, 3.63) is 108 Å². The Labute approximate surface area is 632 Å². The van der Waals surface area contributed by atoms with Crippen LogP contribution in [0.15, 0.2) is 91.0 Å². The van der Waals surface area contributed by atoms with E-state index in [1.165, 1.54) is 78.7 Å². The molecule has 3 aromatic carbocycles. The molecule has 2 atom stereocenters. The van der Waals surface area contributed by atoms with Crippen LogP contribution in [0.5, 0.6) is 0 Å². The van der Waals surface area contributed by atoms with Crippen molar-refractivity contribution in [2.45, 2.75) is 202 Å². The minimum atomic E-state index is -0.647. The zero-order chi connectivity index (χ0) is 86.2. The normalized spacial score (nSPS) is 7.82. The van der Waals surface area contributed by atoms with E-state index in [4.69, 9.17) is 57.8 Å². The Balaban J connectivity index is -0.0000000242. The molecule has 0 aromatic heterocycles. The van der Waals surface area contributed by atoms with E-state index in [2.05, 4.69) is 149 Å². The summed E-state index contributed by atoms with van der Waals surface area (Å²) in [4.78, 5) is 128. The number of benzene rings is 3. The molecule has 3 amide bonds. The van der Waals surface area contributed by atoms with Crippen LogP contribution in [0.25, 0.3) is 0 Å². The molecule has 28 N–H and O–H groups in total. The molecule has 0 unspecified atom stereocenters. The van der Waals surface area contributed by atoms with Gasteiger partial charge in [-0.3, -0.25) is 14.4 Å². The number of rotatable bonds is 9. The third-order valence-electron chi connectivity index (χ3n) is 8.25. The third-order valence-corrected chi connectivity index (χ3v) is 8.25. The number of likely N-dealkylation sites (N-methyl/N-ethyl adjacent to an activating group) is 1. The first-order valence-corrected chi connectivity index (χ1v) is 31.8. The average Bonchev–Trinajstić information content (AvgIpc) is 0.853. The fraction of sp³-hybridized carbons (Fsp3) is 0.568. The molecule has 4 rings (SSSR count). The molecule has 1 heterocycles. The predicted molar refractivity (Wildman–Crippen MR) is 450 cm³/mol. The van der Waals surface area contributed by atoms with Gasteiger partial charge >= 0.3 is 0 Å². The van der Waals surface area contributed by atoms with E-state index < -0.39 is 12.1 Å². The van der Waals surface area contributed by atoms with Gasteiger partial charge in [0.1, 0.15) is 86.8 Å². The lowest BCUT2D eigenvalue weighted by atomic mass is 10.0. The highest BCUT2D eigenvalue weighted by atomic mass is 16.3. The van der Waals surface area contributed by atoms with E-state index in [0.717, 1.165) is 62.6 Å². The summed E-state index contributed by atoms with van der Waals surface area (Å²) in [7, 11) is 12.1. The van der Waals surface area contributed by atoms with Gasteiger partial charge < -0.3 is 138 Å². The van der Waals surface area contributed by atoms with Gasteiger partial charge in [-0.1, -0.05) is 208 Å². The number of hydrogen-bond acceptors (Lipinski definition) is 26. The molecule has 3 aromatic rings. The molecular formula is C74H172N14O15. The Hall–Kier alpha value is -8.04. The largest absolute Gasteiger partial charge is 0.394 e. The molecule has 1 aliphatic heterocycles. The van der Waals surface area contributed by atoms with Crippen molar-refractivity contribution >= 4 is 92.4 Å². The number of aryl methyl sites for hydroxylation is 2. The molecule has 0 radical (unpaired) electrons. The van der Waals surface area contributed by atoms with Gasteiger partial charge in [0.15, 0.2) is 0 Å². The molecule has 0 saturated carbocycles.